The van der Waals surface area contributed by atoms with Crippen molar-refractivity contribution in [3.05, 3.63) is 33.4 Å². The second-order valence-corrected chi connectivity index (χ2v) is 8.69. The molecule has 0 aliphatic heterocycles. The van der Waals surface area contributed by atoms with E-state index in [9.17, 15) is 14.4 Å². The van der Waals surface area contributed by atoms with Gasteiger partial charge in [-0.1, -0.05) is 24.8 Å². The topological polar surface area (TPSA) is 107 Å². The van der Waals surface area contributed by atoms with Gasteiger partial charge in [-0.25, -0.2) is 4.98 Å². The summed E-state index contributed by atoms with van der Waals surface area (Å²) in [7, 11) is 0. The van der Waals surface area contributed by atoms with Gasteiger partial charge in [0.25, 0.3) is 5.56 Å². The minimum Gasteiger partial charge on any atom is -0.368 e. The van der Waals surface area contributed by atoms with Gasteiger partial charge in [0.05, 0.1) is 17.7 Å². The smallest absolute Gasteiger partial charge is 0.263 e. The van der Waals surface area contributed by atoms with E-state index >= 15 is 0 Å². The number of fused-ring (bicyclic) bond motifs is 3. The zero-order valence-corrected chi connectivity index (χ0v) is 16.8. The zero-order chi connectivity index (χ0) is 19.6. The summed E-state index contributed by atoms with van der Waals surface area (Å²) in [5, 5.41) is 3.63. The molecule has 0 fully saturated rings. The van der Waals surface area contributed by atoms with Crippen LogP contribution in [0.4, 0.5) is 0 Å². The van der Waals surface area contributed by atoms with Crippen molar-refractivity contribution < 1.29 is 9.59 Å². The molecule has 1 aliphatic rings. The Bertz CT molecular complexity index is 964. The second-order valence-electron chi connectivity index (χ2n) is 6.66. The summed E-state index contributed by atoms with van der Waals surface area (Å²) in [5.41, 5.74) is 6.08. The van der Waals surface area contributed by atoms with Gasteiger partial charge in [-0.05, 0) is 30.7 Å². The van der Waals surface area contributed by atoms with Crippen molar-refractivity contribution >= 4 is 45.1 Å². The van der Waals surface area contributed by atoms with E-state index in [-0.39, 0.29) is 23.8 Å². The van der Waals surface area contributed by atoms with Crippen LogP contribution in [0.15, 0.2) is 22.6 Å². The van der Waals surface area contributed by atoms with Crippen LogP contribution in [0.25, 0.3) is 10.2 Å². The van der Waals surface area contributed by atoms with Gasteiger partial charge in [-0.2, -0.15) is 0 Å². The minimum absolute atomic E-state index is 0.0461. The highest BCUT2D eigenvalue weighted by Gasteiger charge is 2.24. The van der Waals surface area contributed by atoms with Gasteiger partial charge in [-0.15, -0.1) is 17.9 Å². The highest BCUT2D eigenvalue weighted by atomic mass is 32.2. The number of thioether (sulfide) groups is 1. The number of rotatable bonds is 7. The minimum atomic E-state index is -0.602. The maximum atomic E-state index is 13.1. The summed E-state index contributed by atoms with van der Waals surface area (Å²) in [6.07, 6.45) is 4.61. The molecule has 2 heterocycles. The molecule has 1 atom stereocenters. The van der Waals surface area contributed by atoms with Crippen molar-refractivity contribution in [3.63, 3.8) is 0 Å². The van der Waals surface area contributed by atoms with E-state index in [2.05, 4.69) is 23.8 Å². The fraction of sp³-hybridized carbons (Fsp3) is 0.444. The van der Waals surface area contributed by atoms with E-state index < -0.39 is 5.91 Å². The van der Waals surface area contributed by atoms with Crippen LogP contribution in [0.1, 0.15) is 23.8 Å². The van der Waals surface area contributed by atoms with Crippen molar-refractivity contribution in [2.45, 2.75) is 37.9 Å². The molecular formula is C18H22N4O3S2. The molecule has 2 aromatic heterocycles. The van der Waals surface area contributed by atoms with Gasteiger partial charge < -0.3 is 11.1 Å². The lowest BCUT2D eigenvalue weighted by atomic mass is 9.89. The summed E-state index contributed by atoms with van der Waals surface area (Å²) in [4.78, 5) is 42.4. The van der Waals surface area contributed by atoms with E-state index in [4.69, 9.17) is 5.73 Å². The summed E-state index contributed by atoms with van der Waals surface area (Å²) < 4.78 is 1.56. The van der Waals surface area contributed by atoms with E-state index in [0.29, 0.717) is 23.0 Å². The molecule has 0 saturated carbocycles. The van der Waals surface area contributed by atoms with Crippen LogP contribution in [0.3, 0.4) is 0 Å². The Kier molecular flexibility index (Phi) is 6.01. The zero-order valence-electron chi connectivity index (χ0n) is 15.1. The molecule has 1 aliphatic carbocycles. The van der Waals surface area contributed by atoms with Crippen molar-refractivity contribution in [3.8, 4) is 0 Å². The Balaban J connectivity index is 1.93. The lowest BCUT2D eigenvalue weighted by Crippen LogP contribution is -2.34. The van der Waals surface area contributed by atoms with Gasteiger partial charge in [-0.3, -0.25) is 19.0 Å². The molecule has 9 heteroatoms. The number of thiophene rings is 1. The quantitative estimate of drug-likeness (QED) is 0.411. The number of nitrogens with zero attached hydrogens (tertiary/aromatic N) is 2. The molecular weight excluding hydrogens is 384 g/mol. The molecule has 3 N–H and O–H groups in total. The number of primary amides is 1. The van der Waals surface area contributed by atoms with Crippen LogP contribution in [0.2, 0.25) is 0 Å². The summed E-state index contributed by atoms with van der Waals surface area (Å²) in [6, 6.07) is 0. The Morgan fingerprint density at radius 3 is 3.00 bits per heavy atom. The van der Waals surface area contributed by atoms with Crippen molar-refractivity contribution in [1.29, 1.82) is 0 Å². The summed E-state index contributed by atoms with van der Waals surface area (Å²) >= 11 is 2.75. The highest BCUT2D eigenvalue weighted by Crippen LogP contribution is 2.36. The molecule has 0 radical (unpaired) electrons. The first-order valence-electron chi connectivity index (χ1n) is 8.74. The molecule has 0 spiro atoms. The predicted octanol–water partition coefficient (Wildman–Crippen LogP) is 1.46. The Labute approximate surface area is 165 Å². The first-order valence-corrected chi connectivity index (χ1v) is 10.5. The molecule has 2 amide bonds. The Morgan fingerprint density at radius 1 is 1.52 bits per heavy atom. The average molecular weight is 407 g/mol. The lowest BCUT2D eigenvalue weighted by Gasteiger charge is -2.17. The van der Waals surface area contributed by atoms with Crippen molar-refractivity contribution in [2.24, 2.45) is 11.7 Å². The normalized spacial score (nSPS) is 16.1. The van der Waals surface area contributed by atoms with Gasteiger partial charge >= 0.3 is 0 Å². The molecule has 27 heavy (non-hydrogen) atoms. The molecule has 0 aromatic carbocycles. The number of carbonyl (C=O) groups is 2. The Hall–Kier alpha value is -2.13. The predicted molar refractivity (Wildman–Crippen MR) is 108 cm³/mol. The van der Waals surface area contributed by atoms with Crippen LogP contribution in [0, 0.1) is 5.92 Å². The monoisotopic (exact) mass is 406 g/mol. The number of carbonyl (C=O) groups excluding carboxylic acids is 2. The van der Waals surface area contributed by atoms with Gasteiger partial charge in [0.15, 0.2) is 5.16 Å². The van der Waals surface area contributed by atoms with Crippen LogP contribution in [-0.2, 0) is 29.0 Å². The Morgan fingerprint density at radius 2 is 2.30 bits per heavy atom. The van der Waals surface area contributed by atoms with Gasteiger partial charge in [0.1, 0.15) is 4.83 Å². The van der Waals surface area contributed by atoms with E-state index in [1.54, 1.807) is 22.0 Å². The van der Waals surface area contributed by atoms with Crippen molar-refractivity contribution in [1.82, 2.24) is 14.9 Å². The average Bonchev–Trinajstić information content (AvgIpc) is 2.98. The first kappa shape index (κ1) is 19.6. The van der Waals surface area contributed by atoms with Crippen LogP contribution < -0.4 is 16.6 Å². The van der Waals surface area contributed by atoms with E-state index in [0.717, 1.165) is 29.7 Å². The number of allylic oxidation sites excluding steroid dienone is 1. The third-order valence-electron chi connectivity index (χ3n) is 4.48. The van der Waals surface area contributed by atoms with E-state index in [1.165, 1.54) is 16.6 Å². The number of nitrogens with two attached hydrogens (primary N) is 1. The maximum absolute atomic E-state index is 13.1. The first-order chi connectivity index (χ1) is 12.9. The maximum Gasteiger partial charge on any atom is 0.263 e. The molecule has 0 bridgehead atoms. The van der Waals surface area contributed by atoms with Crippen LogP contribution in [-0.4, -0.2) is 33.7 Å². The van der Waals surface area contributed by atoms with Crippen LogP contribution in [0.5, 0.6) is 0 Å². The van der Waals surface area contributed by atoms with Crippen LogP contribution >= 0.6 is 23.1 Å². The lowest BCUT2D eigenvalue weighted by molar-refractivity contribution is -0.123. The molecule has 0 saturated heterocycles. The third-order valence-corrected chi connectivity index (χ3v) is 6.61. The fourth-order valence-corrected chi connectivity index (χ4v) is 5.43. The number of amides is 2. The standard InChI is InChI=1S/C18H22N4O3S2/c1-3-6-22-17(25)15-11-5-4-10(2)7-12(11)27-16(15)21-18(22)26-9-14(24)20-8-13(19)23/h3,10H,1,4-9H2,2H3,(H2,19,23)(H,20,24)/t10-/m0/s1. The fourth-order valence-electron chi connectivity index (χ4n) is 3.17. The number of hydrogen-bond donors (Lipinski definition) is 2. The number of aryl methyl sites for hydroxylation is 1. The van der Waals surface area contributed by atoms with Gasteiger partial charge in [0.2, 0.25) is 11.8 Å². The second kappa shape index (κ2) is 8.26. The molecule has 3 rings (SSSR count). The number of nitrogens with one attached hydrogen (secondary N) is 1. The summed E-state index contributed by atoms with van der Waals surface area (Å²) in [5.74, 6) is -0.277. The van der Waals surface area contributed by atoms with E-state index in [1.807, 2.05) is 0 Å². The SMILES string of the molecule is C=CCn1c(SCC(=O)NCC(N)=O)nc2sc3c(c2c1=O)CC[C@H](C)C3. The third kappa shape index (κ3) is 4.24. The molecule has 7 nitrogen and oxygen atoms in total. The van der Waals surface area contributed by atoms with Crippen molar-refractivity contribution in [2.75, 3.05) is 12.3 Å². The highest BCUT2D eigenvalue weighted by molar-refractivity contribution is 7.99. The molecule has 0 unspecified atom stereocenters. The molecule has 144 valence electrons. The summed E-state index contributed by atoms with van der Waals surface area (Å²) in [6.45, 7) is 6.07. The number of hydrogen-bond acceptors (Lipinski definition) is 6. The largest absolute Gasteiger partial charge is 0.368 e. The molecule has 2 aromatic rings. The van der Waals surface area contributed by atoms with Gasteiger partial charge in [0, 0.05) is 11.4 Å². The number of aromatic nitrogens is 2.